The zero-order valence-electron chi connectivity index (χ0n) is 11.0. The van der Waals surface area contributed by atoms with Crippen LogP contribution in [0.2, 0.25) is 5.02 Å². The monoisotopic (exact) mass is 348 g/mol. The van der Waals surface area contributed by atoms with Crippen LogP contribution in [0.1, 0.15) is 30.5 Å². The van der Waals surface area contributed by atoms with E-state index in [4.69, 9.17) is 16.9 Å². The fourth-order valence-electron chi connectivity index (χ4n) is 2.05. The first kappa shape index (κ1) is 14.9. The van der Waals surface area contributed by atoms with E-state index < -0.39 is 0 Å². The van der Waals surface area contributed by atoms with Crippen LogP contribution in [-0.4, -0.2) is 0 Å². The number of halogens is 2. The van der Waals surface area contributed by atoms with Crippen molar-refractivity contribution in [3.63, 3.8) is 0 Å². The second kappa shape index (κ2) is 6.78. The van der Waals surface area contributed by atoms with E-state index in [-0.39, 0.29) is 6.04 Å². The molecule has 4 heteroatoms. The Bertz CT molecular complexity index is 649. The molecule has 2 nitrogen and oxygen atoms in total. The molecule has 2 aromatic carbocycles. The molecule has 20 heavy (non-hydrogen) atoms. The van der Waals surface area contributed by atoms with E-state index in [2.05, 4.69) is 46.4 Å². The van der Waals surface area contributed by atoms with Crippen LogP contribution in [0.15, 0.2) is 46.9 Å². The Morgan fingerprint density at radius 2 is 2.10 bits per heavy atom. The fraction of sp³-hybridized carbons (Fsp3) is 0.188. The molecule has 102 valence electrons. The number of rotatable bonds is 4. The van der Waals surface area contributed by atoms with Gasteiger partial charge >= 0.3 is 0 Å². The molecule has 1 atom stereocenters. The van der Waals surface area contributed by atoms with Gasteiger partial charge in [-0.05, 0) is 42.3 Å². The van der Waals surface area contributed by atoms with Crippen LogP contribution in [0.3, 0.4) is 0 Å². The summed E-state index contributed by atoms with van der Waals surface area (Å²) in [4.78, 5) is 0. The van der Waals surface area contributed by atoms with Crippen LogP contribution in [0, 0.1) is 11.3 Å². The van der Waals surface area contributed by atoms with Crippen molar-refractivity contribution in [3.05, 3.63) is 63.1 Å². The first-order valence-corrected chi connectivity index (χ1v) is 7.52. The Morgan fingerprint density at radius 1 is 1.30 bits per heavy atom. The summed E-state index contributed by atoms with van der Waals surface area (Å²) in [5.74, 6) is 0. The van der Waals surface area contributed by atoms with Crippen molar-refractivity contribution in [2.45, 2.75) is 19.4 Å². The quantitative estimate of drug-likeness (QED) is 0.787. The van der Waals surface area contributed by atoms with Gasteiger partial charge in [0, 0.05) is 10.2 Å². The molecule has 0 saturated carbocycles. The highest BCUT2D eigenvalue weighted by Gasteiger charge is 2.10. The van der Waals surface area contributed by atoms with Crippen molar-refractivity contribution in [1.82, 2.24) is 0 Å². The third-order valence-corrected chi connectivity index (χ3v) is 3.91. The van der Waals surface area contributed by atoms with Gasteiger partial charge in [0.1, 0.15) is 6.07 Å². The van der Waals surface area contributed by atoms with Crippen LogP contribution >= 0.6 is 27.5 Å². The van der Waals surface area contributed by atoms with E-state index in [1.807, 2.05) is 18.2 Å². The van der Waals surface area contributed by atoms with E-state index >= 15 is 0 Å². The summed E-state index contributed by atoms with van der Waals surface area (Å²) < 4.78 is 1.06. The van der Waals surface area contributed by atoms with Crippen LogP contribution in [0.5, 0.6) is 0 Å². The SMILES string of the molecule is CCC(Nc1ccc(Cl)c(C#N)c1)c1cccc(Br)c1. The van der Waals surface area contributed by atoms with Crippen LogP contribution in [-0.2, 0) is 0 Å². The average molecular weight is 350 g/mol. The van der Waals surface area contributed by atoms with Gasteiger partial charge < -0.3 is 5.32 Å². The molecular weight excluding hydrogens is 336 g/mol. The lowest BCUT2D eigenvalue weighted by Gasteiger charge is -2.19. The summed E-state index contributed by atoms with van der Waals surface area (Å²) in [5.41, 5.74) is 2.59. The molecule has 0 spiro atoms. The second-order valence-electron chi connectivity index (χ2n) is 4.47. The van der Waals surface area contributed by atoms with Crippen molar-refractivity contribution in [1.29, 1.82) is 5.26 Å². The molecule has 1 N–H and O–H groups in total. The summed E-state index contributed by atoms with van der Waals surface area (Å²) in [6.07, 6.45) is 0.945. The third kappa shape index (κ3) is 3.53. The number of benzene rings is 2. The highest BCUT2D eigenvalue weighted by molar-refractivity contribution is 9.10. The van der Waals surface area contributed by atoms with Gasteiger partial charge in [-0.1, -0.05) is 46.6 Å². The molecule has 0 saturated heterocycles. The molecule has 0 aliphatic heterocycles. The minimum atomic E-state index is 0.195. The van der Waals surface area contributed by atoms with Crippen molar-refractivity contribution >= 4 is 33.2 Å². The minimum Gasteiger partial charge on any atom is -0.378 e. The maximum Gasteiger partial charge on any atom is 0.101 e. The Hall–Kier alpha value is -1.50. The molecule has 0 bridgehead atoms. The topological polar surface area (TPSA) is 35.8 Å². The lowest BCUT2D eigenvalue weighted by molar-refractivity contribution is 0.749. The summed E-state index contributed by atoms with van der Waals surface area (Å²) in [7, 11) is 0. The van der Waals surface area contributed by atoms with Gasteiger partial charge in [0.15, 0.2) is 0 Å². The fourth-order valence-corrected chi connectivity index (χ4v) is 2.62. The van der Waals surface area contributed by atoms with Gasteiger partial charge in [0.2, 0.25) is 0 Å². The van der Waals surface area contributed by atoms with Crippen molar-refractivity contribution < 1.29 is 0 Å². The van der Waals surface area contributed by atoms with E-state index in [1.165, 1.54) is 5.56 Å². The van der Waals surface area contributed by atoms with Gasteiger partial charge in [0.05, 0.1) is 16.6 Å². The highest BCUT2D eigenvalue weighted by atomic mass is 79.9. The summed E-state index contributed by atoms with van der Waals surface area (Å²) in [6.45, 7) is 2.12. The highest BCUT2D eigenvalue weighted by Crippen LogP contribution is 2.27. The predicted octanol–water partition coefficient (Wildman–Crippen LogP) is 5.54. The largest absolute Gasteiger partial charge is 0.378 e. The van der Waals surface area contributed by atoms with E-state index in [1.54, 1.807) is 12.1 Å². The molecule has 0 aromatic heterocycles. The van der Waals surface area contributed by atoms with Gasteiger partial charge in [-0.15, -0.1) is 0 Å². The Morgan fingerprint density at radius 3 is 2.75 bits per heavy atom. The molecule has 0 aliphatic rings. The lowest BCUT2D eigenvalue weighted by Crippen LogP contribution is -2.09. The minimum absolute atomic E-state index is 0.195. The maximum atomic E-state index is 9.02. The molecule has 2 rings (SSSR count). The van der Waals surface area contributed by atoms with Crippen molar-refractivity contribution in [2.75, 3.05) is 5.32 Å². The number of nitriles is 1. The van der Waals surface area contributed by atoms with Gasteiger partial charge in [0.25, 0.3) is 0 Å². The molecule has 0 radical (unpaired) electrons. The maximum absolute atomic E-state index is 9.02. The summed E-state index contributed by atoms with van der Waals surface area (Å²) in [6, 6.07) is 15.9. The van der Waals surface area contributed by atoms with Gasteiger partial charge in [-0.3, -0.25) is 0 Å². The molecular formula is C16H14BrClN2. The standard InChI is InChI=1S/C16H14BrClN2/c1-2-16(11-4-3-5-13(17)8-11)20-14-6-7-15(18)12(9-14)10-19/h3-9,16,20H,2H2,1H3. The normalized spacial score (nSPS) is 11.7. The van der Waals surface area contributed by atoms with Gasteiger partial charge in [-0.25, -0.2) is 0 Å². The average Bonchev–Trinajstić information content (AvgIpc) is 2.46. The first-order chi connectivity index (χ1) is 9.63. The predicted molar refractivity (Wildman–Crippen MR) is 87.0 cm³/mol. The van der Waals surface area contributed by atoms with E-state index in [0.29, 0.717) is 10.6 Å². The smallest absolute Gasteiger partial charge is 0.101 e. The van der Waals surface area contributed by atoms with Crippen LogP contribution in [0.25, 0.3) is 0 Å². The molecule has 0 aliphatic carbocycles. The number of nitrogens with zero attached hydrogens (tertiary/aromatic N) is 1. The number of anilines is 1. The van der Waals surface area contributed by atoms with Crippen molar-refractivity contribution in [2.24, 2.45) is 0 Å². The van der Waals surface area contributed by atoms with Crippen molar-refractivity contribution in [3.8, 4) is 6.07 Å². The Kier molecular flexibility index (Phi) is 5.05. The molecule has 0 heterocycles. The molecule has 0 fully saturated rings. The summed E-state index contributed by atoms with van der Waals surface area (Å²) >= 11 is 9.44. The Balaban J connectivity index is 2.25. The molecule has 0 amide bonds. The van der Waals surface area contributed by atoms with E-state index in [0.717, 1.165) is 16.6 Å². The zero-order valence-corrected chi connectivity index (χ0v) is 13.4. The summed E-state index contributed by atoms with van der Waals surface area (Å²) in [5, 5.41) is 12.9. The second-order valence-corrected chi connectivity index (χ2v) is 5.79. The zero-order chi connectivity index (χ0) is 14.5. The molecule has 2 aromatic rings. The first-order valence-electron chi connectivity index (χ1n) is 6.35. The number of nitrogens with one attached hydrogen (secondary N) is 1. The van der Waals surface area contributed by atoms with Crippen LogP contribution < -0.4 is 5.32 Å². The Labute approximate surface area is 132 Å². The molecule has 1 unspecified atom stereocenters. The third-order valence-electron chi connectivity index (χ3n) is 3.09. The van der Waals surface area contributed by atoms with E-state index in [9.17, 15) is 0 Å². The van der Waals surface area contributed by atoms with Gasteiger partial charge in [-0.2, -0.15) is 5.26 Å². The lowest BCUT2D eigenvalue weighted by atomic mass is 10.0. The number of hydrogen-bond donors (Lipinski definition) is 1. The van der Waals surface area contributed by atoms with Crippen LogP contribution in [0.4, 0.5) is 5.69 Å². The number of hydrogen-bond acceptors (Lipinski definition) is 2.